The van der Waals surface area contributed by atoms with Gasteiger partial charge in [0.2, 0.25) is 0 Å². The van der Waals surface area contributed by atoms with Gasteiger partial charge in [0.05, 0.1) is 0 Å². The molecule has 0 saturated carbocycles. The van der Waals surface area contributed by atoms with Crippen LogP contribution in [0.3, 0.4) is 0 Å². The van der Waals surface area contributed by atoms with E-state index in [1.807, 2.05) is 0 Å². The average molecular weight is 369 g/mol. The quantitative estimate of drug-likeness (QED) is 0.407. The summed E-state index contributed by atoms with van der Waals surface area (Å²) >= 11 is 0. The Kier molecular flexibility index (Phi) is 3.31. The highest BCUT2D eigenvalue weighted by Crippen LogP contribution is 2.57. The summed E-state index contributed by atoms with van der Waals surface area (Å²) in [7, 11) is 0. The number of hydrogen-bond acceptors (Lipinski definition) is 1. The summed E-state index contributed by atoms with van der Waals surface area (Å²) in [6.45, 7) is 13.8. The molecule has 0 aromatic heterocycles. The summed E-state index contributed by atoms with van der Waals surface area (Å²) in [5.41, 5.74) is 8.97. The molecule has 0 amide bonds. The minimum atomic E-state index is -0.333. The predicted molar refractivity (Wildman–Crippen MR) is 117 cm³/mol. The van der Waals surface area contributed by atoms with Crippen LogP contribution in [-0.2, 0) is 16.4 Å². The summed E-state index contributed by atoms with van der Waals surface area (Å²) in [4.78, 5) is 0. The van der Waals surface area contributed by atoms with Gasteiger partial charge in [0, 0.05) is 11.1 Å². The third-order valence-electron chi connectivity index (χ3n) is 7.48. The molecule has 0 fully saturated rings. The molecule has 142 valence electrons. The van der Waals surface area contributed by atoms with Gasteiger partial charge in [-0.2, -0.15) is 0 Å². The van der Waals surface area contributed by atoms with Crippen LogP contribution < -0.4 is 4.74 Å². The van der Waals surface area contributed by atoms with Crippen molar-refractivity contribution in [2.75, 3.05) is 0 Å². The van der Waals surface area contributed by atoms with E-state index in [-0.39, 0.29) is 16.4 Å². The normalized spacial score (nSPS) is 19.5. The van der Waals surface area contributed by atoms with Gasteiger partial charge in [-0.05, 0) is 64.6 Å². The fourth-order valence-corrected chi connectivity index (χ4v) is 5.12. The highest BCUT2D eigenvalue weighted by molar-refractivity contribution is 5.86. The maximum absolute atomic E-state index is 6.55. The fraction of sp³-hybridized carbons (Fsp3) is 0.333. The molecule has 2 aliphatic rings. The first kappa shape index (κ1) is 17.6. The number of fused-ring (bicyclic) bond motifs is 6. The molecule has 5 rings (SSSR count). The zero-order valence-electron chi connectivity index (χ0n) is 17.7. The molecule has 1 nitrogen and oxygen atoms in total. The summed E-state index contributed by atoms with van der Waals surface area (Å²) in [6.07, 6.45) is 0. The molecule has 0 radical (unpaired) electrons. The number of rotatable bonds is 0. The van der Waals surface area contributed by atoms with E-state index in [9.17, 15) is 0 Å². The van der Waals surface area contributed by atoms with Crippen LogP contribution in [0, 0.1) is 0 Å². The second-order valence-electron chi connectivity index (χ2n) is 9.85. The van der Waals surface area contributed by atoms with E-state index in [0.717, 1.165) is 5.75 Å². The van der Waals surface area contributed by atoms with Crippen LogP contribution in [0.2, 0.25) is 0 Å². The minimum Gasteiger partial charge on any atom is -0.482 e. The van der Waals surface area contributed by atoms with E-state index < -0.39 is 0 Å². The third kappa shape index (κ3) is 2.08. The van der Waals surface area contributed by atoms with Crippen LogP contribution in [0.15, 0.2) is 60.7 Å². The first-order chi connectivity index (χ1) is 13.1. The zero-order chi connectivity index (χ0) is 19.9. The van der Waals surface area contributed by atoms with Crippen molar-refractivity contribution in [3.63, 3.8) is 0 Å². The molecule has 3 aromatic carbocycles. The lowest BCUT2D eigenvalue weighted by molar-refractivity contribution is 0.105. The fourth-order valence-electron chi connectivity index (χ4n) is 5.12. The Bertz CT molecular complexity index is 1110. The van der Waals surface area contributed by atoms with E-state index in [2.05, 4.69) is 102 Å². The van der Waals surface area contributed by atoms with Crippen molar-refractivity contribution in [3.05, 3.63) is 77.4 Å². The predicted octanol–water partition coefficient (Wildman–Crippen LogP) is 7.22. The smallest absolute Gasteiger partial charge is 0.129 e. The van der Waals surface area contributed by atoms with Crippen molar-refractivity contribution in [1.29, 1.82) is 0 Å². The SMILES string of the molecule is CC1(C)Oc2cc3c(cc2-c2ccccc21)C(C)(C)C(C)(C)c1ccccc1-3. The number of hydrogen-bond donors (Lipinski definition) is 0. The highest BCUT2D eigenvalue weighted by Gasteiger charge is 2.46. The topological polar surface area (TPSA) is 9.23 Å². The largest absolute Gasteiger partial charge is 0.482 e. The van der Waals surface area contributed by atoms with E-state index in [1.165, 1.54) is 38.9 Å². The van der Waals surface area contributed by atoms with Crippen molar-refractivity contribution in [1.82, 2.24) is 0 Å². The van der Waals surface area contributed by atoms with Crippen LogP contribution in [0.1, 0.15) is 58.2 Å². The van der Waals surface area contributed by atoms with Gasteiger partial charge in [-0.1, -0.05) is 76.2 Å². The van der Waals surface area contributed by atoms with Crippen molar-refractivity contribution >= 4 is 0 Å². The van der Waals surface area contributed by atoms with Gasteiger partial charge >= 0.3 is 0 Å². The molecule has 1 heterocycles. The Labute approximate surface area is 168 Å². The molecule has 1 heteroatoms. The molecule has 0 unspecified atom stereocenters. The molecular formula is C27H28O. The Morgan fingerprint density at radius 3 is 1.75 bits per heavy atom. The Morgan fingerprint density at radius 2 is 1.07 bits per heavy atom. The Balaban J connectivity index is 1.86. The lowest BCUT2D eigenvalue weighted by Gasteiger charge is -2.49. The maximum Gasteiger partial charge on any atom is 0.129 e. The van der Waals surface area contributed by atoms with Crippen LogP contribution in [0.5, 0.6) is 5.75 Å². The third-order valence-corrected chi connectivity index (χ3v) is 7.48. The van der Waals surface area contributed by atoms with Crippen LogP contribution in [-0.4, -0.2) is 0 Å². The van der Waals surface area contributed by atoms with Crippen molar-refractivity contribution in [3.8, 4) is 28.0 Å². The van der Waals surface area contributed by atoms with Crippen LogP contribution in [0.4, 0.5) is 0 Å². The van der Waals surface area contributed by atoms with Gasteiger partial charge in [-0.25, -0.2) is 0 Å². The molecule has 1 aliphatic heterocycles. The van der Waals surface area contributed by atoms with E-state index >= 15 is 0 Å². The molecule has 0 N–H and O–H groups in total. The lowest BCUT2D eigenvalue weighted by Crippen LogP contribution is -2.43. The van der Waals surface area contributed by atoms with Gasteiger partial charge in [0.1, 0.15) is 11.4 Å². The molecule has 0 bridgehead atoms. The maximum atomic E-state index is 6.55. The van der Waals surface area contributed by atoms with Gasteiger partial charge in [-0.3, -0.25) is 0 Å². The Morgan fingerprint density at radius 1 is 0.536 bits per heavy atom. The molecule has 0 spiro atoms. The number of benzene rings is 3. The summed E-state index contributed by atoms with van der Waals surface area (Å²) < 4.78 is 6.55. The zero-order valence-corrected chi connectivity index (χ0v) is 17.7. The molecule has 0 saturated heterocycles. The lowest BCUT2D eigenvalue weighted by atomic mass is 9.55. The van der Waals surface area contributed by atoms with E-state index in [4.69, 9.17) is 4.74 Å². The molecule has 28 heavy (non-hydrogen) atoms. The Hall–Kier alpha value is -2.54. The molecule has 3 aromatic rings. The van der Waals surface area contributed by atoms with Crippen LogP contribution in [0.25, 0.3) is 22.3 Å². The summed E-state index contributed by atoms with van der Waals surface area (Å²) in [6, 6.07) is 22.2. The van der Waals surface area contributed by atoms with Crippen molar-refractivity contribution in [2.24, 2.45) is 0 Å². The molecule has 1 aliphatic carbocycles. The summed E-state index contributed by atoms with van der Waals surface area (Å²) in [5, 5.41) is 0. The van der Waals surface area contributed by atoms with Crippen molar-refractivity contribution in [2.45, 2.75) is 58.0 Å². The minimum absolute atomic E-state index is 0.00756. The van der Waals surface area contributed by atoms with Crippen LogP contribution >= 0.6 is 0 Å². The van der Waals surface area contributed by atoms with Gasteiger partial charge in [0.25, 0.3) is 0 Å². The number of ether oxygens (including phenoxy) is 1. The first-order valence-electron chi connectivity index (χ1n) is 10.2. The van der Waals surface area contributed by atoms with Gasteiger partial charge in [0.15, 0.2) is 0 Å². The molecular weight excluding hydrogens is 340 g/mol. The van der Waals surface area contributed by atoms with Gasteiger partial charge < -0.3 is 4.74 Å². The second kappa shape index (κ2) is 5.29. The molecule has 0 atom stereocenters. The highest BCUT2D eigenvalue weighted by atomic mass is 16.5. The van der Waals surface area contributed by atoms with E-state index in [0.29, 0.717) is 0 Å². The summed E-state index contributed by atoms with van der Waals surface area (Å²) in [5.74, 6) is 0.993. The van der Waals surface area contributed by atoms with E-state index in [1.54, 1.807) is 0 Å². The average Bonchev–Trinajstić information content (AvgIpc) is 2.66. The first-order valence-corrected chi connectivity index (χ1v) is 10.2. The standard InChI is InChI=1S/C27H28O/c1-25(2)21-13-9-7-11-17(21)19-16-24-20(15-23(19)26(25,3)4)18-12-8-10-14-22(18)27(5,6)28-24/h7-16H,1-6H3. The second-order valence-corrected chi connectivity index (χ2v) is 9.85. The van der Waals surface area contributed by atoms with Crippen molar-refractivity contribution < 1.29 is 4.74 Å². The van der Waals surface area contributed by atoms with Gasteiger partial charge in [-0.15, -0.1) is 0 Å². The monoisotopic (exact) mass is 368 g/mol.